The van der Waals surface area contributed by atoms with Crippen molar-refractivity contribution in [2.24, 2.45) is 5.92 Å². The Morgan fingerprint density at radius 1 is 1.08 bits per heavy atom. The second kappa shape index (κ2) is 6.74. The molecule has 3 rings (SSSR count). The van der Waals surface area contributed by atoms with E-state index in [1.54, 1.807) is 25.3 Å². The molecule has 1 unspecified atom stereocenters. The molecule has 0 bridgehead atoms. The predicted octanol–water partition coefficient (Wildman–Crippen LogP) is 3.09. The zero-order valence-corrected chi connectivity index (χ0v) is 13.7. The predicted molar refractivity (Wildman–Crippen MR) is 90.8 cm³/mol. The fraction of sp³-hybridized carbons (Fsp3) is 0.263. The molecule has 2 aromatic rings. The summed E-state index contributed by atoms with van der Waals surface area (Å²) in [5.41, 5.74) is 2.18. The van der Waals surface area contributed by atoms with Crippen LogP contribution in [-0.4, -0.2) is 25.9 Å². The Hall–Kier alpha value is -2.82. The number of Topliss-reactive ketones (excluding diaryl/α,β-unsaturated/α-hetero) is 1. The third-order valence-electron chi connectivity index (χ3n) is 4.25. The van der Waals surface area contributed by atoms with Gasteiger partial charge in [0.1, 0.15) is 11.5 Å². The number of rotatable bonds is 4. The maximum absolute atomic E-state index is 12.6. The van der Waals surface area contributed by atoms with Crippen molar-refractivity contribution in [2.45, 2.75) is 12.8 Å². The van der Waals surface area contributed by atoms with Gasteiger partial charge in [-0.25, -0.2) is 0 Å². The van der Waals surface area contributed by atoms with Crippen LogP contribution in [0.25, 0.3) is 0 Å². The van der Waals surface area contributed by atoms with Crippen molar-refractivity contribution >= 4 is 17.4 Å². The van der Waals surface area contributed by atoms with Gasteiger partial charge < -0.3 is 14.8 Å². The Kier molecular flexibility index (Phi) is 4.51. The molecule has 0 fully saturated rings. The van der Waals surface area contributed by atoms with Gasteiger partial charge in [0.25, 0.3) is 0 Å². The molecular weight excluding hydrogens is 306 g/mol. The largest absolute Gasteiger partial charge is 0.497 e. The minimum Gasteiger partial charge on any atom is -0.497 e. The number of carbonyl (C=O) groups is 2. The van der Waals surface area contributed by atoms with Crippen molar-refractivity contribution in [1.29, 1.82) is 0 Å². The summed E-state index contributed by atoms with van der Waals surface area (Å²) in [5, 5.41) is 2.86. The number of fused-ring (bicyclic) bond motifs is 1. The van der Waals surface area contributed by atoms with Gasteiger partial charge in [0, 0.05) is 24.0 Å². The molecule has 0 aromatic heterocycles. The second-order valence-electron chi connectivity index (χ2n) is 5.74. The third-order valence-corrected chi connectivity index (χ3v) is 4.25. The highest BCUT2D eigenvalue weighted by Crippen LogP contribution is 2.31. The number of carbonyl (C=O) groups excluding carboxylic acids is 2. The van der Waals surface area contributed by atoms with E-state index in [4.69, 9.17) is 9.47 Å². The average molecular weight is 325 g/mol. The van der Waals surface area contributed by atoms with Crippen LogP contribution in [0.3, 0.4) is 0 Å². The Labute approximate surface area is 140 Å². The molecule has 1 N–H and O–H groups in total. The first-order chi connectivity index (χ1) is 11.6. The minimum atomic E-state index is -0.386. The van der Waals surface area contributed by atoms with Gasteiger partial charge in [0.2, 0.25) is 5.91 Å². The quantitative estimate of drug-likeness (QED) is 0.938. The van der Waals surface area contributed by atoms with Crippen molar-refractivity contribution in [3.8, 4) is 11.5 Å². The topological polar surface area (TPSA) is 64.6 Å². The lowest BCUT2D eigenvalue weighted by molar-refractivity contribution is -0.119. The Balaban J connectivity index is 1.80. The number of methoxy groups -OCH3 is 2. The highest BCUT2D eigenvalue weighted by atomic mass is 16.5. The van der Waals surface area contributed by atoms with Crippen LogP contribution in [0, 0.1) is 5.92 Å². The monoisotopic (exact) mass is 325 g/mol. The Bertz CT molecular complexity index is 785. The van der Waals surface area contributed by atoms with Crippen LogP contribution in [0.5, 0.6) is 11.5 Å². The average Bonchev–Trinajstić information content (AvgIpc) is 2.61. The van der Waals surface area contributed by atoms with Gasteiger partial charge in [0.05, 0.1) is 19.9 Å². The first kappa shape index (κ1) is 16.1. The molecule has 0 saturated heterocycles. The van der Waals surface area contributed by atoms with E-state index in [1.807, 2.05) is 24.3 Å². The fourth-order valence-electron chi connectivity index (χ4n) is 2.97. The van der Waals surface area contributed by atoms with E-state index in [2.05, 4.69) is 5.32 Å². The highest BCUT2D eigenvalue weighted by Gasteiger charge is 2.30. The van der Waals surface area contributed by atoms with E-state index in [9.17, 15) is 9.59 Å². The van der Waals surface area contributed by atoms with Crippen LogP contribution >= 0.6 is 0 Å². The van der Waals surface area contributed by atoms with Gasteiger partial charge >= 0.3 is 0 Å². The second-order valence-corrected chi connectivity index (χ2v) is 5.74. The molecule has 5 nitrogen and oxygen atoms in total. The molecule has 1 atom stereocenters. The summed E-state index contributed by atoms with van der Waals surface area (Å²) >= 11 is 0. The number of hydrogen-bond donors (Lipinski definition) is 1. The third kappa shape index (κ3) is 3.11. The molecule has 124 valence electrons. The zero-order chi connectivity index (χ0) is 17.1. The van der Waals surface area contributed by atoms with Crippen LogP contribution < -0.4 is 14.8 Å². The molecule has 1 aliphatic carbocycles. The van der Waals surface area contributed by atoms with Crippen molar-refractivity contribution in [3.63, 3.8) is 0 Å². The highest BCUT2D eigenvalue weighted by molar-refractivity contribution is 6.04. The molecule has 5 heteroatoms. The Morgan fingerprint density at radius 2 is 1.88 bits per heavy atom. The molecule has 0 saturated carbocycles. The number of benzene rings is 2. The van der Waals surface area contributed by atoms with Crippen LogP contribution in [0.2, 0.25) is 0 Å². The zero-order valence-electron chi connectivity index (χ0n) is 13.7. The van der Waals surface area contributed by atoms with Crippen LogP contribution in [-0.2, 0) is 11.2 Å². The van der Waals surface area contributed by atoms with Crippen LogP contribution in [0.1, 0.15) is 22.3 Å². The first-order valence-corrected chi connectivity index (χ1v) is 7.76. The number of ether oxygens (including phenoxy) is 2. The lowest BCUT2D eigenvalue weighted by Crippen LogP contribution is -2.31. The summed E-state index contributed by atoms with van der Waals surface area (Å²) in [7, 11) is 3.10. The van der Waals surface area contributed by atoms with E-state index in [1.165, 1.54) is 7.11 Å². The lowest BCUT2D eigenvalue weighted by atomic mass is 9.82. The van der Waals surface area contributed by atoms with Crippen LogP contribution in [0.4, 0.5) is 5.69 Å². The Morgan fingerprint density at radius 3 is 2.62 bits per heavy atom. The number of nitrogens with one attached hydrogen (secondary N) is 1. The minimum absolute atomic E-state index is 0.00890. The standard InChI is InChI=1S/C19H19NO4/c1-23-14-7-8-18(24-2)16(11-14)20-19(22)13-9-12-5-3-4-6-15(12)17(21)10-13/h3-8,11,13H,9-10H2,1-2H3,(H,20,22). The number of ketones is 1. The number of amides is 1. The van der Waals surface area contributed by atoms with Gasteiger partial charge in [-0.1, -0.05) is 24.3 Å². The summed E-state index contributed by atoms with van der Waals surface area (Å²) in [4.78, 5) is 24.9. The van der Waals surface area contributed by atoms with Crippen molar-refractivity contribution < 1.29 is 19.1 Å². The van der Waals surface area contributed by atoms with Gasteiger partial charge in [-0.3, -0.25) is 9.59 Å². The normalized spacial score (nSPS) is 16.2. The summed E-state index contributed by atoms with van der Waals surface area (Å²) in [6, 6.07) is 12.6. The lowest BCUT2D eigenvalue weighted by Gasteiger charge is -2.23. The molecule has 1 aliphatic rings. The van der Waals surface area contributed by atoms with E-state index >= 15 is 0 Å². The SMILES string of the molecule is COc1ccc(OC)c(NC(=O)C2CC(=O)c3ccccc3C2)c1. The molecule has 1 amide bonds. The van der Waals surface area contributed by atoms with Crippen molar-refractivity contribution in [1.82, 2.24) is 0 Å². The molecular formula is C19H19NO4. The summed E-state index contributed by atoms with van der Waals surface area (Å²) in [5.74, 6) is 0.602. The van der Waals surface area contributed by atoms with Gasteiger partial charge in [-0.2, -0.15) is 0 Å². The first-order valence-electron chi connectivity index (χ1n) is 7.76. The molecule has 0 spiro atoms. The van der Waals surface area contributed by atoms with Gasteiger partial charge in [-0.15, -0.1) is 0 Å². The summed E-state index contributed by atoms with van der Waals surface area (Å²) in [6.45, 7) is 0. The molecule has 0 aliphatic heterocycles. The van der Waals surface area contributed by atoms with E-state index < -0.39 is 0 Å². The molecule has 0 radical (unpaired) electrons. The van der Waals surface area contributed by atoms with E-state index in [-0.39, 0.29) is 24.0 Å². The number of hydrogen-bond acceptors (Lipinski definition) is 4. The van der Waals surface area contributed by atoms with E-state index in [0.29, 0.717) is 23.6 Å². The van der Waals surface area contributed by atoms with Crippen molar-refractivity contribution in [3.05, 3.63) is 53.6 Å². The van der Waals surface area contributed by atoms with Crippen LogP contribution in [0.15, 0.2) is 42.5 Å². The van der Waals surface area contributed by atoms with Gasteiger partial charge in [-0.05, 0) is 24.1 Å². The maximum Gasteiger partial charge on any atom is 0.228 e. The van der Waals surface area contributed by atoms with Crippen molar-refractivity contribution in [2.75, 3.05) is 19.5 Å². The number of anilines is 1. The smallest absolute Gasteiger partial charge is 0.228 e. The van der Waals surface area contributed by atoms with E-state index in [0.717, 1.165) is 11.1 Å². The maximum atomic E-state index is 12.6. The molecule has 0 heterocycles. The molecule has 24 heavy (non-hydrogen) atoms. The summed E-state index contributed by atoms with van der Waals surface area (Å²) in [6.07, 6.45) is 0.773. The molecule has 2 aromatic carbocycles. The summed E-state index contributed by atoms with van der Waals surface area (Å²) < 4.78 is 10.5. The van der Waals surface area contributed by atoms with Gasteiger partial charge in [0.15, 0.2) is 5.78 Å². The fourth-order valence-corrected chi connectivity index (χ4v) is 2.97.